The molecule has 1 aromatic rings. The van der Waals surface area contributed by atoms with Crippen LogP contribution in [0.15, 0.2) is 24.3 Å². The molecule has 1 fully saturated rings. The molecule has 4 nitrogen and oxygen atoms in total. The van der Waals surface area contributed by atoms with E-state index >= 15 is 0 Å². The van der Waals surface area contributed by atoms with Crippen molar-refractivity contribution in [1.29, 1.82) is 0 Å². The van der Waals surface area contributed by atoms with Crippen molar-refractivity contribution >= 4 is 11.8 Å². The topological polar surface area (TPSA) is 49.4 Å². The average molecular weight is 320 g/mol. The van der Waals surface area contributed by atoms with E-state index in [1.54, 1.807) is 24.0 Å². The second kappa shape index (κ2) is 7.11. The number of halogens is 1. The lowest BCUT2D eigenvalue weighted by Gasteiger charge is -2.34. The van der Waals surface area contributed by atoms with Gasteiger partial charge in [0, 0.05) is 19.5 Å². The number of carbonyl (C=O) groups is 2. The molecule has 1 aliphatic rings. The molecule has 126 valence electrons. The Morgan fingerprint density at radius 2 is 2.17 bits per heavy atom. The van der Waals surface area contributed by atoms with Gasteiger partial charge in [0.05, 0.1) is 0 Å². The predicted octanol–water partition coefficient (Wildman–Crippen LogP) is 2.87. The van der Waals surface area contributed by atoms with Crippen molar-refractivity contribution in [2.45, 2.75) is 52.1 Å². The van der Waals surface area contributed by atoms with E-state index in [2.05, 4.69) is 19.2 Å². The van der Waals surface area contributed by atoms with E-state index in [9.17, 15) is 14.0 Å². The lowest BCUT2D eigenvalue weighted by molar-refractivity contribution is -0.141. The zero-order chi connectivity index (χ0) is 17.0. The number of hydrogen-bond acceptors (Lipinski definition) is 2. The van der Waals surface area contributed by atoms with Gasteiger partial charge in [0.1, 0.15) is 11.4 Å². The van der Waals surface area contributed by atoms with Crippen LogP contribution in [-0.4, -0.2) is 28.8 Å². The summed E-state index contributed by atoms with van der Waals surface area (Å²) in [5.41, 5.74) is -0.165. The SMILES string of the molecule is CC(C)CCNC(=O)C1(C)CCC(=O)N1Cc1cccc(F)c1. The first-order valence-electron chi connectivity index (χ1n) is 8.16. The van der Waals surface area contributed by atoms with E-state index in [1.807, 2.05) is 0 Å². The van der Waals surface area contributed by atoms with Crippen molar-refractivity contribution in [2.24, 2.45) is 5.92 Å². The highest BCUT2D eigenvalue weighted by Gasteiger charge is 2.46. The molecular weight excluding hydrogens is 295 g/mol. The van der Waals surface area contributed by atoms with Crippen molar-refractivity contribution < 1.29 is 14.0 Å². The Balaban J connectivity index is 2.09. The molecule has 5 heteroatoms. The molecule has 0 saturated carbocycles. The summed E-state index contributed by atoms with van der Waals surface area (Å²) in [6.45, 7) is 6.85. The minimum absolute atomic E-state index is 0.0595. The van der Waals surface area contributed by atoms with Gasteiger partial charge in [-0.2, -0.15) is 0 Å². The first-order chi connectivity index (χ1) is 10.8. The highest BCUT2D eigenvalue weighted by molar-refractivity contribution is 5.94. The molecule has 1 unspecified atom stereocenters. The zero-order valence-corrected chi connectivity index (χ0v) is 14.1. The van der Waals surface area contributed by atoms with Gasteiger partial charge in [-0.25, -0.2) is 4.39 Å². The molecule has 1 saturated heterocycles. The van der Waals surface area contributed by atoms with E-state index in [0.29, 0.717) is 30.9 Å². The first-order valence-corrected chi connectivity index (χ1v) is 8.16. The second-order valence-electron chi connectivity index (χ2n) is 6.82. The largest absolute Gasteiger partial charge is 0.354 e. The fraction of sp³-hybridized carbons (Fsp3) is 0.556. The maximum atomic E-state index is 13.3. The summed E-state index contributed by atoms with van der Waals surface area (Å²) < 4.78 is 13.3. The van der Waals surface area contributed by atoms with Gasteiger partial charge in [-0.05, 0) is 43.4 Å². The second-order valence-corrected chi connectivity index (χ2v) is 6.82. The van der Waals surface area contributed by atoms with Gasteiger partial charge in [-0.1, -0.05) is 26.0 Å². The Hall–Kier alpha value is -1.91. The van der Waals surface area contributed by atoms with Gasteiger partial charge in [-0.15, -0.1) is 0 Å². The summed E-state index contributed by atoms with van der Waals surface area (Å²) in [6.07, 6.45) is 1.75. The van der Waals surface area contributed by atoms with Gasteiger partial charge in [0.25, 0.3) is 0 Å². The number of likely N-dealkylation sites (tertiary alicyclic amines) is 1. The van der Waals surface area contributed by atoms with E-state index in [1.165, 1.54) is 12.1 Å². The molecule has 0 radical (unpaired) electrons. The predicted molar refractivity (Wildman–Crippen MR) is 87.1 cm³/mol. The van der Waals surface area contributed by atoms with Crippen LogP contribution in [0.25, 0.3) is 0 Å². The van der Waals surface area contributed by atoms with Crippen LogP contribution in [-0.2, 0) is 16.1 Å². The van der Waals surface area contributed by atoms with Crippen LogP contribution in [0.5, 0.6) is 0 Å². The van der Waals surface area contributed by atoms with Crippen LogP contribution in [0.1, 0.15) is 45.6 Å². The molecule has 0 aliphatic carbocycles. The van der Waals surface area contributed by atoms with Crippen LogP contribution >= 0.6 is 0 Å². The van der Waals surface area contributed by atoms with Crippen LogP contribution < -0.4 is 5.32 Å². The summed E-state index contributed by atoms with van der Waals surface area (Å²) in [4.78, 5) is 26.4. The van der Waals surface area contributed by atoms with Crippen molar-refractivity contribution in [1.82, 2.24) is 10.2 Å². The maximum absolute atomic E-state index is 13.3. The fourth-order valence-corrected chi connectivity index (χ4v) is 2.88. The van der Waals surface area contributed by atoms with Gasteiger partial charge in [0.15, 0.2) is 0 Å². The molecule has 1 heterocycles. The summed E-state index contributed by atoms with van der Waals surface area (Å²) in [7, 11) is 0. The Bertz CT molecular complexity index is 588. The number of hydrogen-bond donors (Lipinski definition) is 1. The third-order valence-corrected chi connectivity index (χ3v) is 4.45. The molecule has 1 aliphatic heterocycles. The van der Waals surface area contributed by atoms with E-state index in [-0.39, 0.29) is 24.2 Å². The molecule has 0 spiro atoms. The van der Waals surface area contributed by atoms with Crippen LogP contribution in [0, 0.1) is 11.7 Å². The number of nitrogens with zero attached hydrogens (tertiary/aromatic N) is 1. The highest BCUT2D eigenvalue weighted by Crippen LogP contribution is 2.32. The minimum atomic E-state index is -0.861. The van der Waals surface area contributed by atoms with Crippen LogP contribution in [0.2, 0.25) is 0 Å². The molecular formula is C18H25FN2O2. The Labute approximate surface area is 137 Å². The van der Waals surface area contributed by atoms with Gasteiger partial charge in [0.2, 0.25) is 11.8 Å². The minimum Gasteiger partial charge on any atom is -0.354 e. The van der Waals surface area contributed by atoms with E-state index < -0.39 is 5.54 Å². The third-order valence-electron chi connectivity index (χ3n) is 4.45. The molecule has 2 rings (SSSR count). The number of rotatable bonds is 6. The lowest BCUT2D eigenvalue weighted by atomic mass is 9.96. The molecule has 1 aromatic carbocycles. The third kappa shape index (κ3) is 4.09. The van der Waals surface area contributed by atoms with E-state index in [0.717, 1.165) is 6.42 Å². The molecule has 23 heavy (non-hydrogen) atoms. The van der Waals surface area contributed by atoms with E-state index in [4.69, 9.17) is 0 Å². The van der Waals surface area contributed by atoms with Gasteiger partial charge in [-0.3, -0.25) is 9.59 Å². The fourth-order valence-electron chi connectivity index (χ4n) is 2.88. The number of benzene rings is 1. The Kier molecular flexibility index (Phi) is 5.39. The quantitative estimate of drug-likeness (QED) is 0.876. The normalized spacial score (nSPS) is 21.1. The molecule has 1 atom stereocenters. The van der Waals surface area contributed by atoms with Crippen molar-refractivity contribution in [2.75, 3.05) is 6.54 Å². The van der Waals surface area contributed by atoms with Gasteiger partial charge >= 0.3 is 0 Å². The summed E-state index contributed by atoms with van der Waals surface area (Å²) in [5, 5.41) is 2.94. The number of amides is 2. The first kappa shape index (κ1) is 17.4. The Morgan fingerprint density at radius 1 is 1.43 bits per heavy atom. The Morgan fingerprint density at radius 3 is 2.83 bits per heavy atom. The van der Waals surface area contributed by atoms with Gasteiger partial charge < -0.3 is 10.2 Å². The standard InChI is InChI=1S/C18H25FN2O2/c1-13(2)8-10-20-17(23)18(3)9-7-16(22)21(18)12-14-5-4-6-15(19)11-14/h4-6,11,13H,7-10,12H2,1-3H3,(H,20,23). The summed E-state index contributed by atoms with van der Waals surface area (Å²) in [6, 6.07) is 6.16. The maximum Gasteiger partial charge on any atom is 0.245 e. The molecule has 1 N–H and O–H groups in total. The zero-order valence-electron chi connectivity index (χ0n) is 14.1. The summed E-state index contributed by atoms with van der Waals surface area (Å²) >= 11 is 0. The average Bonchev–Trinajstić information content (AvgIpc) is 2.76. The highest BCUT2D eigenvalue weighted by atomic mass is 19.1. The van der Waals surface area contributed by atoms with Crippen LogP contribution in [0.3, 0.4) is 0 Å². The van der Waals surface area contributed by atoms with Crippen molar-refractivity contribution in [3.63, 3.8) is 0 Å². The summed E-state index contributed by atoms with van der Waals surface area (Å²) in [5.74, 6) is -0.00915. The van der Waals surface area contributed by atoms with Crippen molar-refractivity contribution in [3.8, 4) is 0 Å². The molecule has 0 aromatic heterocycles. The van der Waals surface area contributed by atoms with Crippen molar-refractivity contribution in [3.05, 3.63) is 35.6 Å². The number of carbonyl (C=O) groups excluding carboxylic acids is 2. The smallest absolute Gasteiger partial charge is 0.245 e. The molecule has 2 amide bonds. The number of nitrogens with one attached hydrogen (secondary N) is 1. The molecule has 0 bridgehead atoms. The van der Waals surface area contributed by atoms with Crippen LogP contribution in [0.4, 0.5) is 4.39 Å². The lowest BCUT2D eigenvalue weighted by Crippen LogP contribution is -2.54. The monoisotopic (exact) mass is 320 g/mol.